The Bertz CT molecular complexity index is 780. The summed E-state index contributed by atoms with van der Waals surface area (Å²) >= 11 is 13.0. The van der Waals surface area contributed by atoms with Crippen molar-refractivity contribution in [3.05, 3.63) is 38.4 Å². The van der Waals surface area contributed by atoms with Gasteiger partial charge in [0.25, 0.3) is 0 Å². The molecule has 0 saturated heterocycles. The van der Waals surface area contributed by atoms with Crippen molar-refractivity contribution in [3.8, 4) is 5.88 Å². The summed E-state index contributed by atoms with van der Waals surface area (Å²) in [6.07, 6.45) is 0. The number of rotatable bonds is 2. The summed E-state index contributed by atoms with van der Waals surface area (Å²) in [5, 5.41) is 2.39. The number of carbonyl (C=O) groups is 2. The van der Waals surface area contributed by atoms with Gasteiger partial charge in [0.15, 0.2) is 4.80 Å². The zero-order chi connectivity index (χ0) is 15.6. The van der Waals surface area contributed by atoms with Crippen molar-refractivity contribution in [3.63, 3.8) is 0 Å². The van der Waals surface area contributed by atoms with Gasteiger partial charge in [0.2, 0.25) is 11.8 Å². The van der Waals surface area contributed by atoms with E-state index in [1.807, 2.05) is 0 Å². The van der Waals surface area contributed by atoms with Gasteiger partial charge >= 0.3 is 5.97 Å². The van der Waals surface area contributed by atoms with Crippen LogP contribution in [0.2, 0.25) is 10.0 Å². The van der Waals surface area contributed by atoms with Crippen molar-refractivity contribution >= 4 is 52.1 Å². The van der Waals surface area contributed by atoms with Crippen LogP contribution in [0.15, 0.2) is 28.6 Å². The molecule has 1 aromatic heterocycles. The summed E-state index contributed by atoms with van der Waals surface area (Å²) in [6, 6.07) is 4.84. The molecule has 0 unspecified atom stereocenters. The molecule has 5 nitrogen and oxygen atoms in total. The molecule has 0 amide bonds. The Morgan fingerprint density at radius 1 is 1.29 bits per heavy atom. The number of ether oxygens (including phenoxy) is 1. The van der Waals surface area contributed by atoms with E-state index in [0.29, 0.717) is 20.5 Å². The van der Waals surface area contributed by atoms with Gasteiger partial charge < -0.3 is 4.74 Å². The van der Waals surface area contributed by atoms with E-state index in [1.54, 1.807) is 18.2 Å². The van der Waals surface area contributed by atoms with Crippen LogP contribution in [0.3, 0.4) is 0 Å². The first-order valence-corrected chi connectivity index (χ1v) is 7.41. The Morgan fingerprint density at radius 3 is 2.57 bits per heavy atom. The predicted molar refractivity (Wildman–Crippen MR) is 81.6 cm³/mol. The van der Waals surface area contributed by atoms with E-state index in [1.165, 1.54) is 23.8 Å². The molecule has 0 aliphatic heterocycles. The monoisotopic (exact) mass is 344 g/mol. The molecule has 0 aliphatic rings. The van der Waals surface area contributed by atoms with Gasteiger partial charge in [-0.25, -0.2) is 9.56 Å². The van der Waals surface area contributed by atoms with Crippen LogP contribution < -0.4 is 9.54 Å². The minimum absolute atomic E-state index is 0.129. The largest absolute Gasteiger partial charge is 0.408 e. The highest BCUT2D eigenvalue weighted by molar-refractivity contribution is 7.07. The van der Waals surface area contributed by atoms with Gasteiger partial charge in [-0.15, -0.1) is 11.3 Å². The van der Waals surface area contributed by atoms with Crippen LogP contribution in [0.4, 0.5) is 5.69 Å². The summed E-state index contributed by atoms with van der Waals surface area (Å²) in [6.45, 7) is 2.61. The number of carbonyl (C=O) groups excluding carboxylic acids is 2. The Hall–Kier alpha value is -1.63. The normalized spacial score (nSPS) is 11.5. The molecule has 21 heavy (non-hydrogen) atoms. The Balaban J connectivity index is 2.58. The lowest BCUT2D eigenvalue weighted by Gasteiger charge is -2.03. The van der Waals surface area contributed by atoms with Gasteiger partial charge in [-0.1, -0.05) is 23.2 Å². The molecule has 2 rings (SSSR count). The zero-order valence-corrected chi connectivity index (χ0v) is 13.4. The molecule has 0 bridgehead atoms. The van der Waals surface area contributed by atoms with Crippen molar-refractivity contribution in [2.24, 2.45) is 4.99 Å². The fraction of sp³-hybridized carbons (Fsp3) is 0.154. The molecule has 1 aromatic carbocycles. The van der Waals surface area contributed by atoms with Crippen molar-refractivity contribution in [1.82, 2.24) is 4.57 Å². The molecule has 2 aromatic rings. The summed E-state index contributed by atoms with van der Waals surface area (Å²) in [5.41, 5.74) is 0.465. The van der Waals surface area contributed by atoms with Gasteiger partial charge in [-0.2, -0.15) is 0 Å². The van der Waals surface area contributed by atoms with E-state index in [-0.39, 0.29) is 11.8 Å². The Labute approximate surface area is 134 Å². The zero-order valence-electron chi connectivity index (χ0n) is 11.1. The molecule has 0 spiro atoms. The third-order valence-electron chi connectivity index (χ3n) is 2.37. The number of hydrogen-bond acceptors (Lipinski definition) is 5. The number of esters is 1. The van der Waals surface area contributed by atoms with E-state index in [2.05, 4.69) is 4.99 Å². The molecule has 1 heterocycles. The molecule has 0 aliphatic carbocycles. The van der Waals surface area contributed by atoms with Crippen LogP contribution in [0.1, 0.15) is 18.6 Å². The topological polar surface area (TPSA) is 60.7 Å². The molecule has 8 heteroatoms. The summed E-state index contributed by atoms with van der Waals surface area (Å²) in [5.74, 6) is -0.709. The fourth-order valence-electron chi connectivity index (χ4n) is 1.56. The lowest BCUT2D eigenvalue weighted by atomic mass is 10.3. The lowest BCUT2D eigenvalue weighted by Crippen LogP contribution is -2.22. The number of aromatic nitrogens is 1. The number of benzene rings is 1. The van der Waals surface area contributed by atoms with E-state index >= 15 is 0 Å². The first-order valence-electron chi connectivity index (χ1n) is 5.78. The maximum Gasteiger partial charge on any atom is 0.309 e. The molecular formula is C13H10Cl2N2O3S. The number of thiazole rings is 1. The predicted octanol–water partition coefficient (Wildman–Crippen LogP) is 3.67. The van der Waals surface area contributed by atoms with Crippen molar-refractivity contribution < 1.29 is 14.3 Å². The third kappa shape index (κ3) is 3.72. The fourth-order valence-corrected chi connectivity index (χ4v) is 2.85. The van der Waals surface area contributed by atoms with Crippen LogP contribution in [-0.2, 0) is 4.79 Å². The van der Waals surface area contributed by atoms with Gasteiger partial charge in [-0.3, -0.25) is 9.59 Å². The van der Waals surface area contributed by atoms with E-state index in [9.17, 15) is 9.59 Å². The van der Waals surface area contributed by atoms with Crippen LogP contribution in [0.25, 0.3) is 0 Å². The highest BCUT2D eigenvalue weighted by atomic mass is 35.5. The maximum absolute atomic E-state index is 11.7. The van der Waals surface area contributed by atoms with Crippen molar-refractivity contribution in [1.29, 1.82) is 0 Å². The molecule has 0 N–H and O–H groups in total. The standard InChI is InChI=1S/C13H10Cl2N2O3S/c1-7(18)17-12(20-8(2)19)6-21-13(17)16-11-4-3-9(14)5-10(11)15/h3-6H,1-2H3. The highest BCUT2D eigenvalue weighted by Gasteiger charge is 2.13. The molecule has 0 fully saturated rings. The highest BCUT2D eigenvalue weighted by Crippen LogP contribution is 2.27. The van der Waals surface area contributed by atoms with Gasteiger partial charge in [0, 0.05) is 18.9 Å². The lowest BCUT2D eigenvalue weighted by molar-refractivity contribution is -0.132. The van der Waals surface area contributed by atoms with Gasteiger partial charge in [0.05, 0.1) is 16.1 Å². The van der Waals surface area contributed by atoms with E-state index < -0.39 is 5.97 Å². The van der Waals surface area contributed by atoms with Crippen LogP contribution in [-0.4, -0.2) is 16.4 Å². The third-order valence-corrected chi connectivity index (χ3v) is 3.71. The summed E-state index contributed by atoms with van der Waals surface area (Å²) in [4.78, 5) is 27.4. The number of nitrogens with zero attached hydrogens (tertiary/aromatic N) is 2. The van der Waals surface area contributed by atoms with Gasteiger partial charge in [-0.05, 0) is 18.2 Å². The second-order valence-electron chi connectivity index (χ2n) is 4.01. The molecular weight excluding hydrogens is 335 g/mol. The number of hydrogen-bond donors (Lipinski definition) is 0. The van der Waals surface area contributed by atoms with E-state index in [4.69, 9.17) is 27.9 Å². The number of halogens is 2. The van der Waals surface area contributed by atoms with Crippen molar-refractivity contribution in [2.75, 3.05) is 0 Å². The van der Waals surface area contributed by atoms with Crippen LogP contribution >= 0.6 is 34.5 Å². The Morgan fingerprint density at radius 2 is 2.00 bits per heavy atom. The maximum atomic E-state index is 11.7. The first-order chi connectivity index (χ1) is 9.88. The molecule has 0 radical (unpaired) electrons. The quantitative estimate of drug-likeness (QED) is 0.780. The van der Waals surface area contributed by atoms with Crippen LogP contribution in [0, 0.1) is 0 Å². The molecule has 110 valence electrons. The second-order valence-corrected chi connectivity index (χ2v) is 5.69. The molecule has 0 saturated carbocycles. The minimum atomic E-state index is -0.515. The minimum Gasteiger partial charge on any atom is -0.408 e. The van der Waals surface area contributed by atoms with Crippen LogP contribution in [0.5, 0.6) is 5.88 Å². The molecule has 0 atom stereocenters. The second kappa shape index (κ2) is 6.43. The SMILES string of the molecule is CC(=O)Oc1csc(=Nc2ccc(Cl)cc2Cl)n1C(C)=O. The van der Waals surface area contributed by atoms with E-state index in [0.717, 1.165) is 11.3 Å². The van der Waals surface area contributed by atoms with Crippen molar-refractivity contribution in [2.45, 2.75) is 13.8 Å². The van der Waals surface area contributed by atoms with Gasteiger partial charge in [0.1, 0.15) is 0 Å². The first kappa shape index (κ1) is 15.8. The summed E-state index contributed by atoms with van der Waals surface area (Å²) in [7, 11) is 0. The average Bonchev–Trinajstić information content (AvgIpc) is 2.74. The Kier molecular flexibility index (Phi) is 4.82. The average molecular weight is 345 g/mol. The summed E-state index contributed by atoms with van der Waals surface area (Å²) < 4.78 is 6.18. The smallest absolute Gasteiger partial charge is 0.309 e.